The maximum Gasteiger partial charge on any atom is 0.263 e. The molecule has 0 aliphatic rings. The Bertz CT molecular complexity index is 1150. The van der Waals surface area contributed by atoms with Crippen LogP contribution in [0, 0.1) is 13.8 Å². The van der Waals surface area contributed by atoms with Gasteiger partial charge in [-0.1, -0.05) is 30.3 Å². The van der Waals surface area contributed by atoms with Crippen molar-refractivity contribution in [3.63, 3.8) is 0 Å². The number of benzene rings is 1. The lowest BCUT2D eigenvalue weighted by molar-refractivity contribution is -0.131. The Kier molecular flexibility index (Phi) is 6.69. The maximum absolute atomic E-state index is 12.8. The van der Waals surface area contributed by atoms with Gasteiger partial charge in [-0.05, 0) is 31.5 Å². The van der Waals surface area contributed by atoms with Crippen molar-refractivity contribution in [1.82, 2.24) is 24.6 Å². The van der Waals surface area contributed by atoms with Gasteiger partial charge in [-0.15, -0.1) is 0 Å². The monoisotopic (exact) mass is 421 g/mol. The summed E-state index contributed by atoms with van der Waals surface area (Å²) in [5, 5.41) is 7.12. The smallest absolute Gasteiger partial charge is 0.263 e. The molecule has 3 rings (SSSR count). The van der Waals surface area contributed by atoms with E-state index in [0.29, 0.717) is 13.1 Å². The predicted molar refractivity (Wildman–Crippen MR) is 117 cm³/mol. The van der Waals surface area contributed by atoms with Gasteiger partial charge in [0.2, 0.25) is 5.91 Å². The Balaban J connectivity index is 1.68. The zero-order chi connectivity index (χ0) is 22.5. The highest BCUT2D eigenvalue weighted by Gasteiger charge is 2.18. The van der Waals surface area contributed by atoms with Crippen LogP contribution in [-0.4, -0.2) is 38.1 Å². The number of nitrogens with one attached hydrogen (secondary N) is 1. The van der Waals surface area contributed by atoms with Gasteiger partial charge in [0.15, 0.2) is 0 Å². The molecular formula is C23H27N5O3. The number of nitrogens with zero attached hydrogens (tertiary/aromatic N) is 4. The Morgan fingerprint density at radius 2 is 1.81 bits per heavy atom. The molecule has 3 aromatic rings. The number of amides is 2. The number of rotatable bonds is 7. The normalized spacial score (nSPS) is 10.7. The van der Waals surface area contributed by atoms with Crippen LogP contribution in [0.15, 0.2) is 53.5 Å². The number of carbonyl (C=O) groups is 2. The molecule has 2 amide bonds. The molecular weight excluding hydrogens is 394 g/mol. The summed E-state index contributed by atoms with van der Waals surface area (Å²) in [6.45, 7) is 4.43. The second-order valence-electron chi connectivity index (χ2n) is 7.55. The molecule has 0 aliphatic heterocycles. The summed E-state index contributed by atoms with van der Waals surface area (Å²) in [4.78, 5) is 39.6. The summed E-state index contributed by atoms with van der Waals surface area (Å²) in [6.07, 6.45) is 1.52. The van der Waals surface area contributed by atoms with Crippen molar-refractivity contribution in [3.05, 3.63) is 87.1 Å². The first-order chi connectivity index (χ1) is 14.8. The predicted octanol–water partition coefficient (Wildman–Crippen LogP) is 1.79. The molecule has 0 bridgehead atoms. The van der Waals surface area contributed by atoms with E-state index in [4.69, 9.17) is 0 Å². The molecule has 0 spiro atoms. The molecule has 162 valence electrons. The van der Waals surface area contributed by atoms with Crippen molar-refractivity contribution in [3.8, 4) is 0 Å². The van der Waals surface area contributed by atoms with E-state index < -0.39 is 11.5 Å². The van der Waals surface area contributed by atoms with E-state index in [1.165, 1.54) is 16.8 Å². The quantitative estimate of drug-likeness (QED) is 0.630. The SMILES string of the molecule is Cc1nn(C)c(C)c1CN(C)C(=O)Cn1cccc(C(=O)NCc2ccccc2)c1=O. The summed E-state index contributed by atoms with van der Waals surface area (Å²) in [5.74, 6) is -0.697. The molecule has 0 radical (unpaired) electrons. The van der Waals surface area contributed by atoms with Crippen LogP contribution in [0.5, 0.6) is 0 Å². The van der Waals surface area contributed by atoms with E-state index in [2.05, 4.69) is 10.4 Å². The van der Waals surface area contributed by atoms with Crippen LogP contribution in [0.4, 0.5) is 0 Å². The van der Waals surface area contributed by atoms with Gasteiger partial charge >= 0.3 is 0 Å². The summed E-state index contributed by atoms with van der Waals surface area (Å²) in [5.41, 5.74) is 3.29. The fourth-order valence-electron chi connectivity index (χ4n) is 3.35. The summed E-state index contributed by atoms with van der Waals surface area (Å²) in [7, 11) is 3.55. The van der Waals surface area contributed by atoms with Gasteiger partial charge in [0.25, 0.3) is 11.5 Å². The first kappa shape index (κ1) is 22.0. The fourth-order valence-corrected chi connectivity index (χ4v) is 3.35. The van der Waals surface area contributed by atoms with Gasteiger partial charge in [-0.3, -0.25) is 19.1 Å². The number of carbonyl (C=O) groups excluding carboxylic acids is 2. The minimum atomic E-state index is -0.497. The van der Waals surface area contributed by atoms with Crippen LogP contribution in [-0.2, 0) is 31.5 Å². The van der Waals surface area contributed by atoms with E-state index in [1.54, 1.807) is 22.7 Å². The number of pyridine rings is 1. The lowest BCUT2D eigenvalue weighted by atomic mass is 10.2. The summed E-state index contributed by atoms with van der Waals surface area (Å²) in [6, 6.07) is 12.5. The average molecular weight is 422 g/mol. The van der Waals surface area contributed by atoms with Crippen molar-refractivity contribution < 1.29 is 9.59 Å². The van der Waals surface area contributed by atoms with Crippen molar-refractivity contribution in [2.24, 2.45) is 7.05 Å². The highest BCUT2D eigenvalue weighted by molar-refractivity contribution is 5.93. The maximum atomic E-state index is 12.8. The van der Waals surface area contributed by atoms with Crippen LogP contribution in [0.2, 0.25) is 0 Å². The van der Waals surface area contributed by atoms with Crippen LogP contribution in [0.25, 0.3) is 0 Å². The molecule has 8 nitrogen and oxygen atoms in total. The highest BCUT2D eigenvalue weighted by Crippen LogP contribution is 2.14. The molecule has 1 N–H and O–H groups in total. The standard InChI is InChI=1S/C23H27N5O3/c1-16-20(17(2)27(4)25-16)14-26(3)21(29)15-28-12-8-11-19(23(28)31)22(30)24-13-18-9-6-5-7-10-18/h5-12H,13-15H2,1-4H3,(H,24,30). The van der Waals surface area contributed by atoms with Gasteiger partial charge in [-0.25, -0.2) is 0 Å². The van der Waals surface area contributed by atoms with Crippen molar-refractivity contribution in [1.29, 1.82) is 0 Å². The second kappa shape index (κ2) is 9.42. The fraction of sp³-hybridized carbons (Fsp3) is 0.304. The van der Waals surface area contributed by atoms with Crippen LogP contribution >= 0.6 is 0 Å². The number of hydrogen-bond acceptors (Lipinski definition) is 4. The lowest BCUT2D eigenvalue weighted by Crippen LogP contribution is -2.37. The van der Waals surface area contributed by atoms with Gasteiger partial charge in [0, 0.05) is 44.6 Å². The van der Waals surface area contributed by atoms with E-state index in [1.807, 2.05) is 51.2 Å². The number of hydrogen-bond donors (Lipinski definition) is 1. The van der Waals surface area contributed by atoms with Crippen molar-refractivity contribution >= 4 is 11.8 Å². The first-order valence-corrected chi connectivity index (χ1v) is 10.0. The Morgan fingerprint density at radius 3 is 2.45 bits per heavy atom. The van der Waals surface area contributed by atoms with E-state index in [9.17, 15) is 14.4 Å². The zero-order valence-electron chi connectivity index (χ0n) is 18.3. The number of aromatic nitrogens is 3. The summed E-state index contributed by atoms with van der Waals surface area (Å²) < 4.78 is 3.05. The molecule has 0 fully saturated rings. The minimum Gasteiger partial charge on any atom is -0.348 e. The number of likely N-dealkylation sites (N-methyl/N-ethyl adjacent to an activating group) is 1. The third kappa shape index (κ3) is 5.09. The van der Waals surface area contributed by atoms with Crippen LogP contribution in [0.3, 0.4) is 0 Å². The minimum absolute atomic E-state index is 0.00725. The van der Waals surface area contributed by atoms with E-state index >= 15 is 0 Å². The molecule has 31 heavy (non-hydrogen) atoms. The van der Waals surface area contributed by atoms with Crippen molar-refractivity contribution in [2.45, 2.75) is 33.5 Å². The molecule has 8 heteroatoms. The van der Waals surface area contributed by atoms with Gasteiger partial charge in [-0.2, -0.15) is 5.10 Å². The second-order valence-corrected chi connectivity index (χ2v) is 7.55. The molecule has 0 unspecified atom stereocenters. The van der Waals surface area contributed by atoms with Gasteiger partial charge in [0.05, 0.1) is 5.69 Å². The van der Waals surface area contributed by atoms with E-state index in [-0.39, 0.29) is 18.0 Å². The van der Waals surface area contributed by atoms with E-state index in [0.717, 1.165) is 22.5 Å². The van der Waals surface area contributed by atoms with Crippen molar-refractivity contribution in [2.75, 3.05) is 7.05 Å². The Labute approximate surface area is 181 Å². The third-order valence-electron chi connectivity index (χ3n) is 5.35. The van der Waals surface area contributed by atoms with Crippen LogP contribution in [0.1, 0.15) is 32.9 Å². The highest BCUT2D eigenvalue weighted by atomic mass is 16.2. The number of aryl methyl sites for hydroxylation is 2. The largest absolute Gasteiger partial charge is 0.348 e. The average Bonchev–Trinajstić information content (AvgIpc) is 3.00. The molecule has 0 saturated heterocycles. The first-order valence-electron chi connectivity index (χ1n) is 10.0. The third-order valence-corrected chi connectivity index (χ3v) is 5.35. The molecule has 0 saturated carbocycles. The topological polar surface area (TPSA) is 89.2 Å². The molecule has 2 heterocycles. The van der Waals surface area contributed by atoms with Gasteiger partial charge < -0.3 is 14.8 Å². The molecule has 0 atom stereocenters. The Hall–Kier alpha value is -3.68. The molecule has 2 aromatic heterocycles. The lowest BCUT2D eigenvalue weighted by Gasteiger charge is -2.18. The zero-order valence-corrected chi connectivity index (χ0v) is 18.3. The molecule has 0 aliphatic carbocycles. The summed E-state index contributed by atoms with van der Waals surface area (Å²) >= 11 is 0. The van der Waals surface area contributed by atoms with Gasteiger partial charge in [0.1, 0.15) is 12.1 Å². The van der Waals surface area contributed by atoms with Crippen LogP contribution < -0.4 is 10.9 Å². The Morgan fingerprint density at radius 1 is 1.10 bits per heavy atom. The molecule has 1 aromatic carbocycles.